The van der Waals surface area contributed by atoms with Crippen LogP contribution in [-0.4, -0.2) is 38.7 Å². The van der Waals surface area contributed by atoms with E-state index < -0.39 is 0 Å². The van der Waals surface area contributed by atoms with Gasteiger partial charge in [0.15, 0.2) is 11.5 Å². The van der Waals surface area contributed by atoms with Crippen LogP contribution in [0.25, 0.3) is 0 Å². The molecule has 1 aliphatic rings. The maximum absolute atomic E-state index is 13.3. The molecular weight excluding hydrogens is 430 g/mol. The molecule has 0 aliphatic carbocycles. The second-order valence-corrected chi connectivity index (χ2v) is 7.79. The number of benzene rings is 3. The van der Waals surface area contributed by atoms with Crippen molar-refractivity contribution in [2.45, 2.75) is 12.6 Å². The quantitative estimate of drug-likeness (QED) is 0.472. The number of hydrogen-bond donors (Lipinski definition) is 0. The predicted molar refractivity (Wildman–Crippen MR) is 122 cm³/mol. The first-order valence-electron chi connectivity index (χ1n) is 10.1. The van der Waals surface area contributed by atoms with E-state index in [4.69, 9.17) is 30.5 Å². The Balaban J connectivity index is 1.66. The number of hydrogen-bond acceptors (Lipinski definition) is 5. The molecule has 32 heavy (non-hydrogen) atoms. The fourth-order valence-electron chi connectivity index (χ4n) is 3.84. The second kappa shape index (κ2) is 9.40. The normalized spacial score (nSPS) is 13.5. The fourth-order valence-corrected chi connectivity index (χ4v) is 4.03. The highest BCUT2D eigenvalue weighted by Gasteiger charge is 2.34. The van der Waals surface area contributed by atoms with E-state index in [2.05, 4.69) is 0 Å². The lowest BCUT2D eigenvalue weighted by Crippen LogP contribution is -2.33. The molecule has 1 aliphatic heterocycles. The maximum atomic E-state index is 13.3. The second-order valence-electron chi connectivity index (χ2n) is 7.35. The van der Waals surface area contributed by atoms with Crippen molar-refractivity contribution in [1.29, 1.82) is 0 Å². The first-order valence-corrected chi connectivity index (χ1v) is 10.5. The number of nitrogens with zero attached hydrogens (tertiary/aromatic N) is 1. The number of amides is 1. The molecule has 1 heterocycles. The highest BCUT2D eigenvalue weighted by molar-refractivity contribution is 6.30. The van der Waals surface area contributed by atoms with Crippen LogP contribution in [-0.2, 0) is 6.54 Å². The van der Waals surface area contributed by atoms with Gasteiger partial charge in [-0.05, 0) is 65.7 Å². The van der Waals surface area contributed by atoms with Gasteiger partial charge >= 0.3 is 0 Å². The molecule has 7 heteroatoms. The average molecular weight is 454 g/mol. The van der Waals surface area contributed by atoms with E-state index in [-0.39, 0.29) is 18.6 Å². The van der Waals surface area contributed by atoms with Crippen molar-refractivity contribution in [3.63, 3.8) is 0 Å². The van der Waals surface area contributed by atoms with Crippen molar-refractivity contribution in [2.75, 3.05) is 27.9 Å². The van der Waals surface area contributed by atoms with Gasteiger partial charge in [-0.25, -0.2) is 0 Å². The lowest BCUT2D eigenvalue weighted by molar-refractivity contribution is 0.0635. The highest BCUT2D eigenvalue weighted by atomic mass is 35.5. The Morgan fingerprint density at radius 1 is 0.875 bits per heavy atom. The molecule has 0 aromatic heterocycles. The lowest BCUT2D eigenvalue weighted by atomic mass is 10.0. The third-order valence-corrected chi connectivity index (χ3v) is 5.77. The van der Waals surface area contributed by atoms with Gasteiger partial charge in [0.2, 0.25) is 0 Å². The summed E-state index contributed by atoms with van der Waals surface area (Å²) in [7, 11) is 4.79. The standard InChI is InChI=1S/C25H24ClNO5/c1-29-19-6-8-20(9-7-19)32-15-22(16-4-11-23(30-2)24(13-16)31-3)27-14-17-12-18(26)5-10-21(17)25(27)28/h4-13,22H,14-15H2,1-3H3. The Kier molecular flexibility index (Phi) is 6.42. The van der Waals surface area contributed by atoms with E-state index in [0.29, 0.717) is 34.4 Å². The summed E-state index contributed by atoms with van der Waals surface area (Å²) in [5.41, 5.74) is 2.44. The van der Waals surface area contributed by atoms with Crippen LogP contribution in [0.1, 0.15) is 27.5 Å². The van der Waals surface area contributed by atoms with Crippen molar-refractivity contribution >= 4 is 17.5 Å². The van der Waals surface area contributed by atoms with Crippen molar-refractivity contribution < 1.29 is 23.7 Å². The molecule has 1 unspecified atom stereocenters. The van der Waals surface area contributed by atoms with Crippen LogP contribution < -0.4 is 18.9 Å². The summed E-state index contributed by atoms with van der Waals surface area (Å²) >= 11 is 6.16. The zero-order valence-corrected chi connectivity index (χ0v) is 18.9. The average Bonchev–Trinajstić information content (AvgIpc) is 3.14. The number of methoxy groups -OCH3 is 3. The van der Waals surface area contributed by atoms with Crippen molar-refractivity contribution in [2.24, 2.45) is 0 Å². The SMILES string of the molecule is COc1ccc(OCC(c2ccc(OC)c(OC)c2)N2Cc3cc(Cl)ccc3C2=O)cc1. The summed E-state index contributed by atoms with van der Waals surface area (Å²) in [6, 6.07) is 18.0. The Hall–Kier alpha value is -3.38. The van der Waals surface area contributed by atoms with Crippen LogP contribution >= 0.6 is 11.6 Å². The smallest absolute Gasteiger partial charge is 0.255 e. The van der Waals surface area contributed by atoms with Gasteiger partial charge in [-0.1, -0.05) is 17.7 Å². The summed E-state index contributed by atoms with van der Waals surface area (Å²) in [6.07, 6.45) is 0. The molecule has 0 saturated carbocycles. The molecule has 0 N–H and O–H groups in total. The first kappa shape index (κ1) is 21.8. The zero-order chi connectivity index (χ0) is 22.7. The lowest BCUT2D eigenvalue weighted by Gasteiger charge is -2.29. The third-order valence-electron chi connectivity index (χ3n) is 5.54. The highest BCUT2D eigenvalue weighted by Crippen LogP contribution is 2.37. The Morgan fingerprint density at radius 3 is 2.28 bits per heavy atom. The maximum Gasteiger partial charge on any atom is 0.255 e. The largest absolute Gasteiger partial charge is 0.497 e. The van der Waals surface area contributed by atoms with Crippen LogP contribution in [0.15, 0.2) is 60.7 Å². The fraction of sp³-hybridized carbons (Fsp3) is 0.240. The molecule has 3 aromatic carbocycles. The van der Waals surface area contributed by atoms with Crippen molar-refractivity contribution in [1.82, 2.24) is 4.90 Å². The zero-order valence-electron chi connectivity index (χ0n) is 18.1. The molecule has 1 atom stereocenters. The Morgan fingerprint density at radius 2 is 1.59 bits per heavy atom. The number of halogens is 1. The van der Waals surface area contributed by atoms with Gasteiger partial charge in [0, 0.05) is 17.1 Å². The van der Waals surface area contributed by atoms with Gasteiger partial charge in [-0.3, -0.25) is 4.79 Å². The topological polar surface area (TPSA) is 57.2 Å². The number of carbonyl (C=O) groups is 1. The van der Waals surface area contributed by atoms with E-state index in [1.807, 2.05) is 48.5 Å². The number of rotatable bonds is 8. The van der Waals surface area contributed by atoms with E-state index in [0.717, 1.165) is 16.9 Å². The first-order chi connectivity index (χ1) is 15.5. The van der Waals surface area contributed by atoms with E-state index in [9.17, 15) is 4.79 Å². The van der Waals surface area contributed by atoms with E-state index >= 15 is 0 Å². The minimum atomic E-state index is -0.351. The third kappa shape index (κ3) is 4.32. The van der Waals surface area contributed by atoms with Crippen LogP contribution in [0.3, 0.4) is 0 Å². The van der Waals surface area contributed by atoms with Crippen molar-refractivity contribution in [3.05, 3.63) is 82.4 Å². The summed E-state index contributed by atoms with van der Waals surface area (Å²) < 4.78 is 22.1. The molecule has 3 aromatic rings. The molecule has 0 spiro atoms. The monoisotopic (exact) mass is 453 g/mol. The summed E-state index contributed by atoms with van der Waals surface area (Å²) in [5.74, 6) is 2.58. The minimum absolute atomic E-state index is 0.0604. The molecular formula is C25H24ClNO5. The molecule has 4 rings (SSSR count). The van der Waals surface area contributed by atoms with E-state index in [1.54, 1.807) is 38.4 Å². The van der Waals surface area contributed by atoms with Crippen LogP contribution in [0.4, 0.5) is 0 Å². The summed E-state index contributed by atoms with van der Waals surface area (Å²) in [5, 5.41) is 0.607. The van der Waals surface area contributed by atoms with Crippen molar-refractivity contribution in [3.8, 4) is 23.0 Å². The van der Waals surface area contributed by atoms with Gasteiger partial charge in [-0.15, -0.1) is 0 Å². The van der Waals surface area contributed by atoms with Crippen LogP contribution in [0.5, 0.6) is 23.0 Å². The molecule has 6 nitrogen and oxygen atoms in total. The minimum Gasteiger partial charge on any atom is -0.497 e. The molecule has 0 saturated heterocycles. The van der Waals surface area contributed by atoms with Gasteiger partial charge < -0.3 is 23.8 Å². The Bertz CT molecular complexity index is 1120. The molecule has 0 bridgehead atoms. The van der Waals surface area contributed by atoms with Gasteiger partial charge in [0.25, 0.3) is 5.91 Å². The molecule has 0 radical (unpaired) electrons. The van der Waals surface area contributed by atoms with Gasteiger partial charge in [0.1, 0.15) is 18.1 Å². The summed E-state index contributed by atoms with van der Waals surface area (Å²) in [4.78, 5) is 15.0. The number of ether oxygens (including phenoxy) is 4. The number of carbonyl (C=O) groups excluding carboxylic acids is 1. The van der Waals surface area contributed by atoms with E-state index in [1.165, 1.54) is 0 Å². The molecule has 166 valence electrons. The Labute approximate surface area is 192 Å². The summed E-state index contributed by atoms with van der Waals surface area (Å²) in [6.45, 7) is 0.703. The number of fused-ring (bicyclic) bond motifs is 1. The van der Waals surface area contributed by atoms with Gasteiger partial charge in [0.05, 0.1) is 27.4 Å². The van der Waals surface area contributed by atoms with Crippen LogP contribution in [0, 0.1) is 0 Å². The molecule has 1 amide bonds. The molecule has 0 fully saturated rings. The predicted octanol–water partition coefficient (Wildman–Crippen LogP) is 5.14. The van der Waals surface area contributed by atoms with Gasteiger partial charge in [-0.2, -0.15) is 0 Å². The van der Waals surface area contributed by atoms with Crippen LogP contribution in [0.2, 0.25) is 5.02 Å².